The summed E-state index contributed by atoms with van der Waals surface area (Å²) in [5.74, 6) is 2.02. The predicted molar refractivity (Wildman–Crippen MR) is 96.2 cm³/mol. The summed E-state index contributed by atoms with van der Waals surface area (Å²) in [6.45, 7) is 14.3. The van der Waals surface area contributed by atoms with Crippen molar-refractivity contribution in [2.75, 3.05) is 18.8 Å². The molecule has 3 heteroatoms. The van der Waals surface area contributed by atoms with E-state index in [0.29, 0.717) is 5.54 Å². The van der Waals surface area contributed by atoms with Crippen molar-refractivity contribution in [3.05, 3.63) is 0 Å². The number of nitrogens with zero attached hydrogens (tertiary/aromatic N) is 1. The van der Waals surface area contributed by atoms with Crippen molar-refractivity contribution in [2.24, 2.45) is 5.92 Å². The molecule has 2 aliphatic rings. The number of piperazine rings is 1. The lowest BCUT2D eigenvalue weighted by Gasteiger charge is -2.52. The molecule has 0 aromatic carbocycles. The summed E-state index contributed by atoms with van der Waals surface area (Å²) in [6.07, 6.45) is 6.79. The van der Waals surface area contributed by atoms with Crippen LogP contribution in [-0.2, 0) is 0 Å². The average molecular weight is 313 g/mol. The number of hydrogen-bond donors (Lipinski definition) is 1. The number of rotatable bonds is 6. The van der Waals surface area contributed by atoms with Gasteiger partial charge in [-0.25, -0.2) is 0 Å². The topological polar surface area (TPSA) is 15.3 Å². The lowest BCUT2D eigenvalue weighted by atomic mass is 9.85. The third-order valence-corrected chi connectivity index (χ3v) is 7.26. The Hall–Kier alpha value is 0.270. The summed E-state index contributed by atoms with van der Waals surface area (Å²) in [5, 5.41) is 4.79. The molecule has 0 bridgehead atoms. The van der Waals surface area contributed by atoms with Gasteiger partial charge in [0.25, 0.3) is 0 Å². The minimum absolute atomic E-state index is 0.357. The molecule has 0 spiro atoms. The molecular formula is C18H36N2S. The summed E-state index contributed by atoms with van der Waals surface area (Å²) in [7, 11) is 0. The second-order valence-electron chi connectivity index (χ2n) is 7.34. The Morgan fingerprint density at radius 1 is 1.19 bits per heavy atom. The van der Waals surface area contributed by atoms with Crippen molar-refractivity contribution in [2.45, 2.75) is 89.6 Å². The molecule has 1 aliphatic carbocycles. The lowest BCUT2D eigenvalue weighted by Crippen LogP contribution is -2.67. The van der Waals surface area contributed by atoms with Crippen molar-refractivity contribution in [1.82, 2.24) is 10.2 Å². The molecule has 0 amide bonds. The molecule has 124 valence electrons. The highest BCUT2D eigenvalue weighted by Crippen LogP contribution is 2.38. The molecule has 0 radical (unpaired) electrons. The Balaban J connectivity index is 2.17. The Morgan fingerprint density at radius 3 is 2.48 bits per heavy atom. The Labute approximate surface area is 136 Å². The lowest BCUT2D eigenvalue weighted by molar-refractivity contribution is 0.0201. The van der Waals surface area contributed by atoms with E-state index in [1.807, 2.05) is 0 Å². The van der Waals surface area contributed by atoms with Gasteiger partial charge < -0.3 is 5.32 Å². The summed E-state index contributed by atoms with van der Waals surface area (Å²) >= 11 is 2.21. The molecule has 21 heavy (non-hydrogen) atoms. The summed E-state index contributed by atoms with van der Waals surface area (Å²) < 4.78 is 0. The summed E-state index contributed by atoms with van der Waals surface area (Å²) in [4.78, 5) is 2.93. The van der Waals surface area contributed by atoms with E-state index in [1.54, 1.807) is 0 Å². The fraction of sp³-hybridized carbons (Fsp3) is 1.00. The maximum Gasteiger partial charge on any atom is 0.0304 e. The highest BCUT2D eigenvalue weighted by Gasteiger charge is 2.43. The van der Waals surface area contributed by atoms with Gasteiger partial charge >= 0.3 is 0 Å². The maximum absolute atomic E-state index is 3.92. The smallest absolute Gasteiger partial charge is 0.0304 e. The molecule has 0 aromatic rings. The normalized spacial score (nSPS) is 33.7. The van der Waals surface area contributed by atoms with Crippen molar-refractivity contribution in [3.63, 3.8) is 0 Å². The standard InChI is InChI=1S/C18H36N2S/c1-6-18(7-2)13-20(16(12-19-18)14(4)5)15-10-9-11-17(15)21-8-3/h14-17,19H,6-13H2,1-5H3. The molecule has 1 saturated heterocycles. The molecule has 1 aliphatic heterocycles. The number of thioether (sulfide) groups is 1. The quantitative estimate of drug-likeness (QED) is 0.793. The molecule has 1 N–H and O–H groups in total. The third-order valence-electron chi connectivity index (χ3n) is 5.94. The first-order valence-corrected chi connectivity index (χ1v) is 10.2. The van der Waals surface area contributed by atoms with Crippen LogP contribution in [0, 0.1) is 5.92 Å². The van der Waals surface area contributed by atoms with Crippen LogP contribution in [0.5, 0.6) is 0 Å². The number of hydrogen-bond acceptors (Lipinski definition) is 3. The molecule has 2 nitrogen and oxygen atoms in total. The van der Waals surface area contributed by atoms with Crippen LogP contribution in [0.25, 0.3) is 0 Å². The van der Waals surface area contributed by atoms with Gasteiger partial charge in [0.2, 0.25) is 0 Å². The average Bonchev–Trinajstić information content (AvgIpc) is 2.95. The van der Waals surface area contributed by atoms with Crippen molar-refractivity contribution >= 4 is 11.8 Å². The van der Waals surface area contributed by atoms with Crippen LogP contribution in [0.3, 0.4) is 0 Å². The number of nitrogens with one attached hydrogen (secondary N) is 1. The van der Waals surface area contributed by atoms with Crippen molar-refractivity contribution in [1.29, 1.82) is 0 Å². The predicted octanol–water partition coefficient (Wildman–Crippen LogP) is 4.15. The van der Waals surface area contributed by atoms with Crippen LogP contribution < -0.4 is 5.32 Å². The Bertz CT molecular complexity index is 314. The largest absolute Gasteiger partial charge is 0.308 e. The van der Waals surface area contributed by atoms with E-state index in [-0.39, 0.29) is 0 Å². The van der Waals surface area contributed by atoms with Gasteiger partial charge in [-0.1, -0.05) is 41.0 Å². The van der Waals surface area contributed by atoms with E-state index in [0.717, 1.165) is 23.3 Å². The van der Waals surface area contributed by atoms with Gasteiger partial charge in [0.05, 0.1) is 0 Å². The van der Waals surface area contributed by atoms with E-state index in [1.165, 1.54) is 50.9 Å². The molecule has 1 saturated carbocycles. The molecule has 1 heterocycles. The molecule has 2 rings (SSSR count). The Morgan fingerprint density at radius 2 is 1.90 bits per heavy atom. The second-order valence-corrected chi connectivity index (χ2v) is 8.86. The van der Waals surface area contributed by atoms with Gasteiger partial charge in [-0.3, -0.25) is 4.90 Å². The van der Waals surface area contributed by atoms with Gasteiger partial charge in [0, 0.05) is 36.0 Å². The van der Waals surface area contributed by atoms with E-state index in [2.05, 4.69) is 56.6 Å². The van der Waals surface area contributed by atoms with E-state index >= 15 is 0 Å². The zero-order valence-corrected chi connectivity index (χ0v) is 15.6. The summed E-state index contributed by atoms with van der Waals surface area (Å²) in [5.41, 5.74) is 0.357. The zero-order chi connectivity index (χ0) is 15.5. The van der Waals surface area contributed by atoms with Gasteiger partial charge in [0.1, 0.15) is 0 Å². The first-order chi connectivity index (χ1) is 10.1. The maximum atomic E-state index is 3.92. The summed E-state index contributed by atoms with van der Waals surface area (Å²) in [6, 6.07) is 1.54. The monoisotopic (exact) mass is 312 g/mol. The first-order valence-electron chi connectivity index (χ1n) is 9.19. The minimum Gasteiger partial charge on any atom is -0.308 e. The van der Waals surface area contributed by atoms with E-state index in [4.69, 9.17) is 0 Å². The molecule has 0 aromatic heterocycles. The van der Waals surface area contributed by atoms with Crippen LogP contribution in [0.15, 0.2) is 0 Å². The Kier molecular flexibility index (Phi) is 6.46. The molecule has 2 fully saturated rings. The van der Waals surface area contributed by atoms with Gasteiger partial charge in [-0.05, 0) is 37.4 Å². The van der Waals surface area contributed by atoms with Gasteiger partial charge in [-0.15, -0.1) is 0 Å². The second kappa shape index (κ2) is 7.70. The van der Waals surface area contributed by atoms with Crippen LogP contribution in [-0.4, -0.2) is 46.6 Å². The van der Waals surface area contributed by atoms with Gasteiger partial charge in [0.15, 0.2) is 0 Å². The molecule has 3 unspecified atom stereocenters. The van der Waals surface area contributed by atoms with Gasteiger partial charge in [-0.2, -0.15) is 11.8 Å². The third kappa shape index (κ3) is 3.79. The van der Waals surface area contributed by atoms with Crippen LogP contribution in [0.2, 0.25) is 0 Å². The van der Waals surface area contributed by atoms with Crippen molar-refractivity contribution < 1.29 is 0 Å². The SMILES string of the molecule is CCSC1CCCC1N1CC(CC)(CC)NCC1C(C)C. The fourth-order valence-electron chi connectivity index (χ4n) is 4.36. The van der Waals surface area contributed by atoms with Crippen molar-refractivity contribution in [3.8, 4) is 0 Å². The molecule has 3 atom stereocenters. The minimum atomic E-state index is 0.357. The van der Waals surface area contributed by atoms with E-state index < -0.39 is 0 Å². The van der Waals surface area contributed by atoms with E-state index in [9.17, 15) is 0 Å². The highest BCUT2D eigenvalue weighted by molar-refractivity contribution is 7.99. The zero-order valence-electron chi connectivity index (χ0n) is 14.8. The fourth-order valence-corrected chi connectivity index (χ4v) is 5.64. The first kappa shape index (κ1) is 17.6. The molecular weight excluding hydrogens is 276 g/mol. The van der Waals surface area contributed by atoms with Crippen LogP contribution in [0.4, 0.5) is 0 Å². The van der Waals surface area contributed by atoms with Crippen LogP contribution >= 0.6 is 11.8 Å². The van der Waals surface area contributed by atoms with Crippen LogP contribution in [0.1, 0.15) is 66.7 Å². The highest BCUT2D eigenvalue weighted by atomic mass is 32.2.